The fourth-order valence-electron chi connectivity index (χ4n) is 5.22. The maximum absolute atomic E-state index is 11.0. The second-order valence-corrected chi connectivity index (χ2v) is 7.04. The van der Waals surface area contributed by atoms with Crippen molar-refractivity contribution in [2.24, 2.45) is 23.7 Å². The van der Waals surface area contributed by atoms with E-state index in [9.17, 15) is 4.79 Å². The van der Waals surface area contributed by atoms with Crippen molar-refractivity contribution in [2.45, 2.75) is 32.1 Å². The zero-order valence-electron chi connectivity index (χ0n) is 12.5. The summed E-state index contributed by atoms with van der Waals surface area (Å²) in [5.74, 6) is 4.39. The molecule has 21 heavy (non-hydrogen) atoms. The van der Waals surface area contributed by atoms with Crippen LogP contribution in [0.15, 0.2) is 29.8 Å². The monoisotopic (exact) mass is 282 g/mol. The third kappa shape index (κ3) is 2.12. The van der Waals surface area contributed by atoms with E-state index >= 15 is 0 Å². The van der Waals surface area contributed by atoms with E-state index in [0.29, 0.717) is 0 Å². The molecule has 4 saturated carbocycles. The van der Waals surface area contributed by atoms with Crippen LogP contribution in [0.1, 0.15) is 48.0 Å². The van der Waals surface area contributed by atoms with Crippen LogP contribution in [-0.4, -0.2) is 13.4 Å². The average molecular weight is 282 g/mol. The molecule has 4 fully saturated rings. The molecule has 0 aliphatic heterocycles. The van der Waals surface area contributed by atoms with E-state index in [1.165, 1.54) is 32.1 Å². The molecule has 1 aromatic rings. The van der Waals surface area contributed by atoms with Crippen molar-refractivity contribution in [3.63, 3.8) is 0 Å². The predicted molar refractivity (Wildman–Crippen MR) is 82.8 cm³/mol. The summed E-state index contributed by atoms with van der Waals surface area (Å²) in [4.78, 5) is 11.0. The first-order chi connectivity index (χ1) is 10.3. The Morgan fingerprint density at radius 3 is 2.33 bits per heavy atom. The van der Waals surface area contributed by atoms with Gasteiger partial charge in [0, 0.05) is 11.1 Å². The third-order valence-electron chi connectivity index (χ3n) is 5.77. The quantitative estimate of drug-likeness (QED) is 0.610. The smallest absolute Gasteiger partial charge is 0.150 e. The maximum atomic E-state index is 11.0. The number of carbonyl (C=O) groups excluding carboxylic acids is 1. The number of aldehydes is 1. The van der Waals surface area contributed by atoms with Crippen LogP contribution in [-0.2, 0) is 4.74 Å². The van der Waals surface area contributed by atoms with Gasteiger partial charge in [-0.2, -0.15) is 0 Å². The molecule has 0 spiro atoms. The Balaban J connectivity index is 1.78. The molecular formula is C19H22O2. The highest BCUT2D eigenvalue weighted by atomic mass is 16.5. The van der Waals surface area contributed by atoms with Crippen LogP contribution in [0.3, 0.4) is 0 Å². The van der Waals surface area contributed by atoms with Gasteiger partial charge in [-0.15, -0.1) is 0 Å². The number of hydrogen-bond acceptors (Lipinski definition) is 2. The summed E-state index contributed by atoms with van der Waals surface area (Å²) in [7, 11) is 1.78. The minimum Gasteiger partial charge on any atom is -0.496 e. The molecular weight excluding hydrogens is 260 g/mol. The van der Waals surface area contributed by atoms with Crippen molar-refractivity contribution in [2.75, 3.05) is 7.11 Å². The molecule has 0 atom stereocenters. The summed E-state index contributed by atoms with van der Waals surface area (Å²) in [6.07, 6.45) is 7.78. The second-order valence-electron chi connectivity index (χ2n) is 7.04. The van der Waals surface area contributed by atoms with E-state index in [0.717, 1.165) is 46.8 Å². The molecule has 2 nitrogen and oxygen atoms in total. The average Bonchev–Trinajstić information content (AvgIpc) is 2.50. The first-order valence-corrected chi connectivity index (χ1v) is 8.12. The van der Waals surface area contributed by atoms with Crippen LogP contribution in [0.2, 0.25) is 0 Å². The SMILES string of the molecule is COC(=C1C2CC3CC(C2)CC1C3)c1cccc(C=O)c1. The summed E-state index contributed by atoms with van der Waals surface area (Å²) in [5.41, 5.74) is 3.35. The topological polar surface area (TPSA) is 26.3 Å². The number of benzene rings is 1. The van der Waals surface area contributed by atoms with E-state index in [2.05, 4.69) is 6.07 Å². The third-order valence-corrected chi connectivity index (χ3v) is 5.77. The van der Waals surface area contributed by atoms with E-state index in [-0.39, 0.29) is 0 Å². The molecule has 0 radical (unpaired) electrons. The van der Waals surface area contributed by atoms with Gasteiger partial charge in [-0.05, 0) is 67.4 Å². The van der Waals surface area contributed by atoms with Gasteiger partial charge in [0.2, 0.25) is 0 Å². The van der Waals surface area contributed by atoms with E-state index < -0.39 is 0 Å². The van der Waals surface area contributed by atoms with Gasteiger partial charge in [0.1, 0.15) is 12.0 Å². The lowest BCUT2D eigenvalue weighted by Crippen LogP contribution is -2.40. The van der Waals surface area contributed by atoms with Gasteiger partial charge in [-0.1, -0.05) is 18.2 Å². The van der Waals surface area contributed by atoms with Crippen LogP contribution < -0.4 is 0 Å². The van der Waals surface area contributed by atoms with Crippen LogP contribution in [0.4, 0.5) is 0 Å². The standard InChI is InChI=1S/C19H22O2/c1-21-19(15-4-2-3-12(6-15)11-20)18-16-7-13-5-14(9-16)10-17(18)8-13/h2-4,6,11,13-14,16-17H,5,7-10H2,1H3. The highest BCUT2D eigenvalue weighted by molar-refractivity contribution is 5.78. The molecule has 5 rings (SSSR count). The van der Waals surface area contributed by atoms with Gasteiger partial charge >= 0.3 is 0 Å². The Morgan fingerprint density at radius 2 is 1.76 bits per heavy atom. The molecule has 0 amide bonds. The first-order valence-electron chi connectivity index (χ1n) is 8.12. The van der Waals surface area contributed by atoms with Crippen molar-refractivity contribution in [3.8, 4) is 0 Å². The molecule has 0 heterocycles. The lowest BCUT2D eigenvalue weighted by molar-refractivity contribution is 0.0675. The summed E-state index contributed by atoms with van der Waals surface area (Å²) >= 11 is 0. The maximum Gasteiger partial charge on any atom is 0.150 e. The minimum absolute atomic E-state index is 0.719. The first kappa shape index (κ1) is 13.1. The van der Waals surface area contributed by atoms with Gasteiger partial charge in [-0.3, -0.25) is 4.79 Å². The molecule has 0 aromatic heterocycles. The van der Waals surface area contributed by atoms with Crippen LogP contribution in [0, 0.1) is 23.7 Å². The van der Waals surface area contributed by atoms with Gasteiger partial charge in [0.25, 0.3) is 0 Å². The molecule has 110 valence electrons. The van der Waals surface area contributed by atoms with Crippen LogP contribution in [0.25, 0.3) is 5.76 Å². The Labute approximate surface area is 126 Å². The predicted octanol–water partition coefficient (Wildman–Crippen LogP) is 4.31. The number of methoxy groups -OCH3 is 1. The van der Waals surface area contributed by atoms with Crippen molar-refractivity contribution in [3.05, 3.63) is 41.0 Å². The minimum atomic E-state index is 0.719. The van der Waals surface area contributed by atoms with Crippen molar-refractivity contribution in [1.82, 2.24) is 0 Å². The number of allylic oxidation sites excluding steroid dienone is 1. The summed E-state index contributed by atoms with van der Waals surface area (Å²) in [6.45, 7) is 0. The largest absolute Gasteiger partial charge is 0.496 e. The number of ether oxygens (including phenoxy) is 1. The fourth-order valence-corrected chi connectivity index (χ4v) is 5.22. The molecule has 4 aliphatic carbocycles. The molecule has 4 aliphatic rings. The highest BCUT2D eigenvalue weighted by Gasteiger charge is 2.46. The number of hydrogen-bond donors (Lipinski definition) is 0. The molecule has 1 aromatic carbocycles. The van der Waals surface area contributed by atoms with Crippen LogP contribution in [0.5, 0.6) is 0 Å². The van der Waals surface area contributed by atoms with Crippen molar-refractivity contribution in [1.29, 1.82) is 0 Å². The molecule has 0 unspecified atom stereocenters. The molecule has 0 saturated heterocycles. The Bertz CT molecular complexity index is 569. The van der Waals surface area contributed by atoms with Gasteiger partial charge in [0.15, 0.2) is 0 Å². The lowest BCUT2D eigenvalue weighted by atomic mass is 9.54. The Morgan fingerprint density at radius 1 is 1.10 bits per heavy atom. The number of rotatable bonds is 3. The van der Waals surface area contributed by atoms with Crippen molar-refractivity contribution < 1.29 is 9.53 Å². The summed E-state index contributed by atoms with van der Waals surface area (Å²) < 4.78 is 5.83. The zero-order chi connectivity index (χ0) is 14.4. The van der Waals surface area contributed by atoms with Gasteiger partial charge < -0.3 is 4.74 Å². The second kappa shape index (κ2) is 5.01. The summed E-state index contributed by atoms with van der Waals surface area (Å²) in [6, 6.07) is 7.84. The lowest BCUT2D eigenvalue weighted by Gasteiger charge is -2.51. The summed E-state index contributed by atoms with van der Waals surface area (Å²) in [5, 5.41) is 0. The number of carbonyl (C=O) groups is 1. The molecule has 2 heteroatoms. The van der Waals surface area contributed by atoms with Gasteiger partial charge in [0.05, 0.1) is 7.11 Å². The van der Waals surface area contributed by atoms with E-state index in [4.69, 9.17) is 4.74 Å². The van der Waals surface area contributed by atoms with E-state index in [1.807, 2.05) is 18.2 Å². The van der Waals surface area contributed by atoms with Crippen molar-refractivity contribution >= 4 is 12.0 Å². The Kier molecular flexibility index (Phi) is 3.13. The fraction of sp³-hybridized carbons (Fsp3) is 0.526. The molecule has 0 N–H and O–H groups in total. The van der Waals surface area contributed by atoms with Crippen LogP contribution >= 0.6 is 0 Å². The van der Waals surface area contributed by atoms with Gasteiger partial charge in [-0.25, -0.2) is 0 Å². The Hall–Kier alpha value is -1.57. The normalized spacial score (nSPS) is 33.1. The highest BCUT2D eigenvalue weighted by Crippen LogP contribution is 2.57. The van der Waals surface area contributed by atoms with E-state index in [1.54, 1.807) is 12.7 Å². The molecule has 4 bridgehead atoms. The zero-order valence-corrected chi connectivity index (χ0v) is 12.5.